The second kappa shape index (κ2) is 6.13. The Hall–Kier alpha value is -1.43. The predicted octanol–water partition coefficient (Wildman–Crippen LogP) is 3.61. The van der Waals surface area contributed by atoms with E-state index in [2.05, 4.69) is 0 Å². The van der Waals surface area contributed by atoms with Gasteiger partial charge in [0.1, 0.15) is 10.7 Å². The Balaban J connectivity index is 2.28. The van der Waals surface area contributed by atoms with E-state index in [0.717, 1.165) is 21.5 Å². The first-order chi connectivity index (χ1) is 9.80. The van der Waals surface area contributed by atoms with Crippen LogP contribution < -0.4 is 0 Å². The third-order valence-electron chi connectivity index (χ3n) is 3.11. The lowest BCUT2D eigenvalue weighted by molar-refractivity contribution is 0.460. The fourth-order valence-electron chi connectivity index (χ4n) is 1.89. The van der Waals surface area contributed by atoms with Crippen LogP contribution in [0.3, 0.4) is 0 Å². The summed E-state index contributed by atoms with van der Waals surface area (Å²) in [6.45, 7) is 2.12. The zero-order chi connectivity index (χ0) is 15.6. The summed E-state index contributed by atoms with van der Waals surface area (Å²) in [7, 11) is -2.48. The highest BCUT2D eigenvalue weighted by Gasteiger charge is 2.24. The SMILES string of the molecule is Cc1ccc(CN(C)S(=O)(=O)c2ccc(Cl)cc2F)cc1. The van der Waals surface area contributed by atoms with E-state index in [1.165, 1.54) is 19.2 Å². The highest BCUT2D eigenvalue weighted by molar-refractivity contribution is 7.89. The molecule has 0 heterocycles. The number of halogens is 2. The van der Waals surface area contributed by atoms with Crippen molar-refractivity contribution in [2.75, 3.05) is 7.05 Å². The molecular weight excluding hydrogens is 313 g/mol. The standard InChI is InChI=1S/C15H15ClFNO2S/c1-11-3-5-12(6-4-11)10-18(2)21(19,20)15-8-7-13(16)9-14(15)17/h3-9H,10H2,1-2H3. The van der Waals surface area contributed by atoms with Crippen molar-refractivity contribution >= 4 is 21.6 Å². The Kier molecular flexibility index (Phi) is 4.66. The van der Waals surface area contributed by atoms with Gasteiger partial charge in [-0.25, -0.2) is 12.8 Å². The molecule has 21 heavy (non-hydrogen) atoms. The van der Waals surface area contributed by atoms with E-state index in [1.54, 1.807) is 0 Å². The molecule has 0 radical (unpaired) electrons. The number of hydrogen-bond donors (Lipinski definition) is 0. The van der Waals surface area contributed by atoms with Gasteiger partial charge in [0.25, 0.3) is 0 Å². The van der Waals surface area contributed by atoms with Crippen molar-refractivity contribution in [3.63, 3.8) is 0 Å². The largest absolute Gasteiger partial charge is 0.246 e. The Morgan fingerprint density at radius 2 is 1.76 bits per heavy atom. The van der Waals surface area contributed by atoms with E-state index in [4.69, 9.17) is 11.6 Å². The summed E-state index contributed by atoms with van der Waals surface area (Å²) in [6.07, 6.45) is 0. The van der Waals surface area contributed by atoms with E-state index in [1.807, 2.05) is 31.2 Å². The molecule has 0 aliphatic rings. The van der Waals surface area contributed by atoms with Crippen LogP contribution >= 0.6 is 11.6 Å². The number of nitrogens with zero attached hydrogens (tertiary/aromatic N) is 1. The van der Waals surface area contributed by atoms with Crippen molar-refractivity contribution in [1.29, 1.82) is 0 Å². The molecule has 0 N–H and O–H groups in total. The lowest BCUT2D eigenvalue weighted by atomic mass is 10.1. The molecule has 0 aliphatic carbocycles. The summed E-state index contributed by atoms with van der Waals surface area (Å²) in [5.74, 6) is -0.849. The molecule has 0 saturated carbocycles. The van der Waals surface area contributed by atoms with Crippen LogP contribution in [0.2, 0.25) is 5.02 Å². The number of rotatable bonds is 4. The Morgan fingerprint density at radius 3 is 2.33 bits per heavy atom. The predicted molar refractivity (Wildman–Crippen MR) is 81.2 cm³/mol. The molecule has 2 aromatic rings. The molecule has 3 nitrogen and oxygen atoms in total. The number of sulfonamides is 1. The first-order valence-corrected chi connectivity index (χ1v) is 8.09. The van der Waals surface area contributed by atoms with Crippen molar-refractivity contribution in [2.45, 2.75) is 18.4 Å². The minimum Gasteiger partial charge on any atom is -0.207 e. The Labute approximate surface area is 129 Å². The molecule has 0 fully saturated rings. The van der Waals surface area contributed by atoms with Crippen LogP contribution in [0, 0.1) is 12.7 Å². The molecule has 6 heteroatoms. The first-order valence-electron chi connectivity index (χ1n) is 6.27. The molecule has 2 aromatic carbocycles. The molecule has 0 saturated heterocycles. The van der Waals surface area contributed by atoms with Crippen LogP contribution in [0.15, 0.2) is 47.4 Å². The van der Waals surface area contributed by atoms with Gasteiger partial charge < -0.3 is 0 Å². The van der Waals surface area contributed by atoms with Crippen LogP contribution in [0.1, 0.15) is 11.1 Å². The van der Waals surface area contributed by atoms with Crippen LogP contribution in [-0.2, 0) is 16.6 Å². The second-order valence-electron chi connectivity index (χ2n) is 4.82. The summed E-state index contributed by atoms with van der Waals surface area (Å²) in [5.41, 5.74) is 1.93. The zero-order valence-corrected chi connectivity index (χ0v) is 13.2. The smallest absolute Gasteiger partial charge is 0.207 e. The van der Waals surface area contributed by atoms with E-state index in [-0.39, 0.29) is 16.5 Å². The molecule has 2 rings (SSSR count). The average molecular weight is 328 g/mol. The molecule has 0 bridgehead atoms. The first kappa shape index (κ1) is 15.9. The van der Waals surface area contributed by atoms with E-state index >= 15 is 0 Å². The van der Waals surface area contributed by atoms with Crippen molar-refractivity contribution in [3.8, 4) is 0 Å². The minimum atomic E-state index is -3.90. The lowest BCUT2D eigenvalue weighted by Gasteiger charge is -2.18. The monoisotopic (exact) mass is 327 g/mol. The summed E-state index contributed by atoms with van der Waals surface area (Å²) in [5, 5.41) is 0.160. The number of aryl methyl sites for hydroxylation is 1. The number of hydrogen-bond acceptors (Lipinski definition) is 2. The van der Waals surface area contributed by atoms with Gasteiger partial charge >= 0.3 is 0 Å². The maximum absolute atomic E-state index is 13.8. The summed E-state index contributed by atoms with van der Waals surface area (Å²) in [4.78, 5) is -0.374. The van der Waals surface area contributed by atoms with Gasteiger partial charge in [-0.2, -0.15) is 4.31 Å². The van der Waals surface area contributed by atoms with Gasteiger partial charge in [0.05, 0.1) is 0 Å². The minimum absolute atomic E-state index is 0.160. The molecule has 0 aliphatic heterocycles. The maximum atomic E-state index is 13.8. The summed E-state index contributed by atoms with van der Waals surface area (Å²) < 4.78 is 39.7. The molecule has 0 unspecified atom stereocenters. The zero-order valence-electron chi connectivity index (χ0n) is 11.7. The van der Waals surface area contributed by atoms with Crippen LogP contribution in [0.4, 0.5) is 4.39 Å². The van der Waals surface area contributed by atoms with Gasteiger partial charge in [-0.05, 0) is 30.7 Å². The van der Waals surface area contributed by atoms with E-state index in [9.17, 15) is 12.8 Å². The van der Waals surface area contributed by atoms with Crippen LogP contribution in [-0.4, -0.2) is 19.8 Å². The van der Waals surface area contributed by atoms with E-state index in [0.29, 0.717) is 0 Å². The van der Waals surface area contributed by atoms with Crippen LogP contribution in [0.25, 0.3) is 0 Å². The molecule has 0 atom stereocenters. The van der Waals surface area contributed by atoms with Gasteiger partial charge in [0.15, 0.2) is 0 Å². The fraction of sp³-hybridized carbons (Fsp3) is 0.200. The highest BCUT2D eigenvalue weighted by atomic mass is 35.5. The molecular formula is C15H15ClFNO2S. The second-order valence-corrected chi connectivity index (χ2v) is 7.27. The molecule has 0 spiro atoms. The summed E-state index contributed by atoms with van der Waals surface area (Å²) in [6, 6.07) is 11.0. The molecule has 0 amide bonds. The lowest BCUT2D eigenvalue weighted by Crippen LogP contribution is -2.27. The van der Waals surface area contributed by atoms with Gasteiger partial charge in [0, 0.05) is 18.6 Å². The average Bonchev–Trinajstić information content (AvgIpc) is 2.40. The van der Waals surface area contributed by atoms with Crippen LogP contribution in [0.5, 0.6) is 0 Å². The third kappa shape index (κ3) is 3.61. The third-order valence-corrected chi connectivity index (χ3v) is 5.18. The van der Waals surface area contributed by atoms with Crippen molar-refractivity contribution < 1.29 is 12.8 Å². The Morgan fingerprint density at radius 1 is 1.14 bits per heavy atom. The molecule has 0 aromatic heterocycles. The van der Waals surface area contributed by atoms with Crippen molar-refractivity contribution in [2.24, 2.45) is 0 Å². The van der Waals surface area contributed by atoms with Crippen molar-refractivity contribution in [3.05, 3.63) is 64.4 Å². The quantitative estimate of drug-likeness (QED) is 0.860. The Bertz CT molecular complexity index is 745. The van der Waals surface area contributed by atoms with E-state index < -0.39 is 15.8 Å². The number of benzene rings is 2. The maximum Gasteiger partial charge on any atom is 0.246 e. The highest BCUT2D eigenvalue weighted by Crippen LogP contribution is 2.22. The molecule has 112 valence electrons. The van der Waals surface area contributed by atoms with Gasteiger partial charge in [-0.3, -0.25) is 0 Å². The summed E-state index contributed by atoms with van der Waals surface area (Å²) >= 11 is 5.64. The van der Waals surface area contributed by atoms with Gasteiger partial charge in [0.2, 0.25) is 10.0 Å². The fourth-order valence-corrected chi connectivity index (χ4v) is 3.25. The topological polar surface area (TPSA) is 37.4 Å². The normalized spacial score (nSPS) is 11.9. The van der Waals surface area contributed by atoms with Gasteiger partial charge in [-0.1, -0.05) is 41.4 Å². The van der Waals surface area contributed by atoms with Gasteiger partial charge in [-0.15, -0.1) is 0 Å². The van der Waals surface area contributed by atoms with Crippen molar-refractivity contribution in [1.82, 2.24) is 4.31 Å².